The normalized spacial score (nSPS) is 10.2. The molecule has 0 aliphatic rings. The van der Waals surface area contributed by atoms with Crippen molar-refractivity contribution in [2.75, 3.05) is 0 Å². The van der Waals surface area contributed by atoms with Crippen molar-refractivity contribution in [1.82, 2.24) is 0 Å². The van der Waals surface area contributed by atoms with Crippen LogP contribution < -0.4 is 0 Å². The molecule has 0 amide bonds. The molecule has 0 aromatic heterocycles. The van der Waals surface area contributed by atoms with E-state index in [1.54, 1.807) is 0 Å². The summed E-state index contributed by atoms with van der Waals surface area (Å²) in [7, 11) is 0. The minimum Gasteiger partial charge on any atom is -0.506 e. The lowest BCUT2D eigenvalue weighted by molar-refractivity contribution is 0.469. The average Bonchev–Trinajstić information content (AvgIpc) is 1.97. The first-order valence-electron chi connectivity index (χ1n) is 2.56. The van der Waals surface area contributed by atoms with Gasteiger partial charge in [0.1, 0.15) is 16.6 Å². The van der Waals surface area contributed by atoms with Crippen LogP contribution in [0.1, 0.15) is 0 Å². The Hall–Kier alpha value is -0.180. The van der Waals surface area contributed by atoms with Crippen LogP contribution in [-0.4, -0.2) is 5.11 Å². The summed E-state index contributed by atoms with van der Waals surface area (Å²) in [5.74, 6) is -1.21. The molecular formula is C6H2Cl3FO. The van der Waals surface area contributed by atoms with Gasteiger partial charge in [-0.15, -0.1) is 0 Å². The van der Waals surface area contributed by atoms with E-state index in [0.717, 1.165) is 6.07 Å². The Bertz CT molecular complexity index is 274. The molecule has 0 saturated heterocycles. The van der Waals surface area contributed by atoms with Gasteiger partial charge in [0.25, 0.3) is 0 Å². The molecule has 11 heavy (non-hydrogen) atoms. The molecule has 0 saturated carbocycles. The summed E-state index contributed by atoms with van der Waals surface area (Å²) in [6.07, 6.45) is 0. The monoisotopic (exact) mass is 214 g/mol. The van der Waals surface area contributed by atoms with Crippen molar-refractivity contribution >= 4 is 34.8 Å². The van der Waals surface area contributed by atoms with Crippen molar-refractivity contribution in [2.24, 2.45) is 0 Å². The molecule has 5 heteroatoms. The Labute approximate surface area is 77.3 Å². The standard InChI is InChI=1S/C6H2Cl3FO/c7-4-2(10)1-3(11)5(8)6(4)9/h1,11H. The second-order valence-electron chi connectivity index (χ2n) is 1.82. The van der Waals surface area contributed by atoms with Crippen molar-refractivity contribution in [3.8, 4) is 5.75 Å². The summed E-state index contributed by atoms with van der Waals surface area (Å²) in [6, 6.07) is 0.802. The van der Waals surface area contributed by atoms with Crippen LogP contribution in [0.4, 0.5) is 4.39 Å². The molecule has 0 aliphatic carbocycles. The summed E-state index contributed by atoms with van der Waals surface area (Å²) in [6.45, 7) is 0. The summed E-state index contributed by atoms with van der Waals surface area (Å²) in [4.78, 5) is 0. The van der Waals surface area contributed by atoms with Gasteiger partial charge in [0, 0.05) is 6.07 Å². The third kappa shape index (κ3) is 1.53. The van der Waals surface area contributed by atoms with Gasteiger partial charge in [0.15, 0.2) is 0 Å². The van der Waals surface area contributed by atoms with Crippen molar-refractivity contribution in [2.45, 2.75) is 0 Å². The van der Waals surface area contributed by atoms with Crippen molar-refractivity contribution in [1.29, 1.82) is 0 Å². The van der Waals surface area contributed by atoms with E-state index < -0.39 is 11.6 Å². The van der Waals surface area contributed by atoms with Crippen molar-refractivity contribution in [3.63, 3.8) is 0 Å². The van der Waals surface area contributed by atoms with Gasteiger partial charge in [-0.1, -0.05) is 34.8 Å². The number of aromatic hydroxyl groups is 1. The first kappa shape index (κ1) is 8.91. The molecule has 1 rings (SSSR count). The zero-order chi connectivity index (χ0) is 8.59. The maximum Gasteiger partial charge on any atom is 0.147 e. The zero-order valence-corrected chi connectivity index (χ0v) is 7.30. The third-order valence-electron chi connectivity index (χ3n) is 1.08. The van der Waals surface area contributed by atoms with Crippen LogP contribution in [0.15, 0.2) is 6.07 Å². The molecule has 0 unspecified atom stereocenters. The number of hydrogen-bond donors (Lipinski definition) is 1. The van der Waals surface area contributed by atoms with Crippen LogP contribution in [0.25, 0.3) is 0 Å². The Kier molecular flexibility index (Phi) is 2.47. The summed E-state index contributed by atoms with van der Waals surface area (Å²) in [5.41, 5.74) is 0. The van der Waals surface area contributed by atoms with E-state index in [1.807, 2.05) is 0 Å². The van der Waals surface area contributed by atoms with Gasteiger partial charge in [-0.3, -0.25) is 0 Å². The molecule has 0 spiro atoms. The van der Waals surface area contributed by atoms with Gasteiger partial charge < -0.3 is 5.11 Å². The van der Waals surface area contributed by atoms with E-state index in [2.05, 4.69) is 0 Å². The fraction of sp³-hybridized carbons (Fsp3) is 0. The summed E-state index contributed by atoms with van der Waals surface area (Å²) < 4.78 is 12.6. The van der Waals surface area contributed by atoms with Crippen LogP contribution in [0.3, 0.4) is 0 Å². The van der Waals surface area contributed by atoms with Gasteiger partial charge in [-0.2, -0.15) is 0 Å². The number of phenols is 1. The molecule has 0 aliphatic heterocycles. The smallest absolute Gasteiger partial charge is 0.147 e. The highest BCUT2D eigenvalue weighted by atomic mass is 35.5. The minimum absolute atomic E-state index is 0.141. The fourth-order valence-electron chi connectivity index (χ4n) is 0.560. The third-order valence-corrected chi connectivity index (χ3v) is 2.41. The highest BCUT2D eigenvalue weighted by Crippen LogP contribution is 2.38. The average molecular weight is 215 g/mol. The molecule has 0 atom stereocenters. The molecular weight excluding hydrogens is 213 g/mol. The van der Waals surface area contributed by atoms with Crippen LogP contribution >= 0.6 is 34.8 Å². The summed E-state index contributed by atoms with van der Waals surface area (Å²) >= 11 is 16.2. The first-order chi connectivity index (χ1) is 5.04. The lowest BCUT2D eigenvalue weighted by Crippen LogP contribution is -1.80. The van der Waals surface area contributed by atoms with Crippen molar-refractivity contribution in [3.05, 3.63) is 27.0 Å². The summed E-state index contributed by atoms with van der Waals surface area (Å²) in [5, 5.41) is 8.29. The molecule has 1 aromatic carbocycles. The number of rotatable bonds is 0. The Morgan fingerprint density at radius 3 is 2.18 bits per heavy atom. The van der Waals surface area contributed by atoms with E-state index in [-0.39, 0.29) is 15.1 Å². The van der Waals surface area contributed by atoms with E-state index in [1.165, 1.54) is 0 Å². The quantitative estimate of drug-likeness (QED) is 0.519. The minimum atomic E-state index is -0.793. The van der Waals surface area contributed by atoms with Gasteiger partial charge in [0.05, 0.1) is 10.0 Å². The largest absolute Gasteiger partial charge is 0.506 e. The number of hydrogen-bond acceptors (Lipinski definition) is 1. The van der Waals surface area contributed by atoms with Crippen molar-refractivity contribution < 1.29 is 9.50 Å². The Balaban J connectivity index is 3.46. The van der Waals surface area contributed by atoms with Crippen LogP contribution in [0.2, 0.25) is 15.1 Å². The van der Waals surface area contributed by atoms with Crippen LogP contribution in [-0.2, 0) is 0 Å². The predicted molar refractivity (Wildman–Crippen MR) is 43.1 cm³/mol. The topological polar surface area (TPSA) is 20.2 Å². The number of benzene rings is 1. The number of halogens is 4. The Morgan fingerprint density at radius 2 is 1.64 bits per heavy atom. The van der Waals surface area contributed by atoms with Crippen LogP contribution in [0, 0.1) is 5.82 Å². The van der Waals surface area contributed by atoms with Gasteiger partial charge >= 0.3 is 0 Å². The van der Waals surface area contributed by atoms with Crippen LogP contribution in [0.5, 0.6) is 5.75 Å². The lowest BCUT2D eigenvalue weighted by Gasteiger charge is -2.01. The maximum absolute atomic E-state index is 12.6. The first-order valence-corrected chi connectivity index (χ1v) is 3.69. The second kappa shape index (κ2) is 3.05. The molecule has 60 valence electrons. The van der Waals surface area contributed by atoms with E-state index in [0.29, 0.717) is 0 Å². The zero-order valence-electron chi connectivity index (χ0n) is 5.04. The van der Waals surface area contributed by atoms with Gasteiger partial charge in [-0.05, 0) is 0 Å². The van der Waals surface area contributed by atoms with Gasteiger partial charge in [-0.25, -0.2) is 4.39 Å². The maximum atomic E-state index is 12.6. The molecule has 1 nitrogen and oxygen atoms in total. The second-order valence-corrected chi connectivity index (χ2v) is 2.95. The van der Waals surface area contributed by atoms with E-state index in [9.17, 15) is 4.39 Å². The molecule has 1 N–H and O–H groups in total. The molecule has 1 aromatic rings. The highest BCUT2D eigenvalue weighted by Gasteiger charge is 2.12. The molecule has 0 radical (unpaired) electrons. The van der Waals surface area contributed by atoms with E-state index >= 15 is 0 Å². The molecule has 0 heterocycles. The SMILES string of the molecule is Oc1cc(F)c(Cl)c(Cl)c1Cl. The van der Waals surface area contributed by atoms with Gasteiger partial charge in [0.2, 0.25) is 0 Å². The fourth-order valence-corrected chi connectivity index (χ4v) is 1.09. The molecule has 0 bridgehead atoms. The van der Waals surface area contributed by atoms with E-state index in [4.69, 9.17) is 39.9 Å². The lowest BCUT2D eigenvalue weighted by atomic mass is 10.3. The molecule has 0 fully saturated rings. The highest BCUT2D eigenvalue weighted by molar-refractivity contribution is 6.48. The Morgan fingerprint density at radius 1 is 1.09 bits per heavy atom. The predicted octanol–water partition coefficient (Wildman–Crippen LogP) is 3.49. The number of phenolic OH excluding ortho intramolecular Hbond substituents is 1.